The summed E-state index contributed by atoms with van der Waals surface area (Å²) in [5.74, 6) is 0. The van der Waals surface area contributed by atoms with Crippen molar-refractivity contribution < 1.29 is 5.11 Å². The second-order valence-corrected chi connectivity index (χ2v) is 3.86. The average molecular weight is 180 g/mol. The second kappa shape index (κ2) is 3.50. The van der Waals surface area contributed by atoms with Gasteiger partial charge in [-0.1, -0.05) is 12.8 Å². The number of hydrogen-bond acceptors (Lipinski definition) is 2. The lowest BCUT2D eigenvalue weighted by atomic mass is 9.93. The third-order valence-corrected chi connectivity index (χ3v) is 2.78. The summed E-state index contributed by atoms with van der Waals surface area (Å²) in [6, 6.07) is 2.20. The van der Waals surface area contributed by atoms with Crippen LogP contribution in [0.15, 0.2) is 12.3 Å². The van der Waals surface area contributed by atoms with E-state index >= 15 is 0 Å². The lowest BCUT2D eigenvalue weighted by Crippen LogP contribution is -2.27. The number of aliphatic hydroxyl groups is 1. The highest BCUT2D eigenvalue weighted by Gasteiger charge is 2.24. The Labute approximate surface area is 78.4 Å². The molecular weight excluding hydrogens is 164 g/mol. The first-order valence-electron chi connectivity index (χ1n) is 4.97. The SMILES string of the molecule is Cc1ccn([C@H]2CCCC[C@@H]2O)n1. The molecule has 1 aliphatic carbocycles. The molecule has 1 aromatic rings. The summed E-state index contributed by atoms with van der Waals surface area (Å²) in [5.41, 5.74) is 1.03. The van der Waals surface area contributed by atoms with Crippen LogP contribution >= 0.6 is 0 Å². The maximum Gasteiger partial charge on any atom is 0.0778 e. The molecule has 0 bridgehead atoms. The summed E-state index contributed by atoms with van der Waals surface area (Å²) in [7, 11) is 0. The van der Waals surface area contributed by atoms with E-state index < -0.39 is 0 Å². The minimum atomic E-state index is -0.201. The van der Waals surface area contributed by atoms with Crippen molar-refractivity contribution >= 4 is 0 Å². The van der Waals surface area contributed by atoms with Gasteiger partial charge >= 0.3 is 0 Å². The van der Waals surface area contributed by atoms with E-state index in [1.165, 1.54) is 6.42 Å². The van der Waals surface area contributed by atoms with Crippen LogP contribution in [-0.4, -0.2) is 21.0 Å². The molecule has 0 aromatic carbocycles. The zero-order valence-corrected chi connectivity index (χ0v) is 7.98. The highest BCUT2D eigenvalue weighted by molar-refractivity contribution is 4.97. The molecule has 3 heteroatoms. The molecule has 2 atom stereocenters. The van der Waals surface area contributed by atoms with Gasteiger partial charge in [0, 0.05) is 6.20 Å². The van der Waals surface area contributed by atoms with Gasteiger partial charge in [-0.2, -0.15) is 5.10 Å². The molecule has 0 saturated heterocycles. The van der Waals surface area contributed by atoms with Gasteiger partial charge in [0.15, 0.2) is 0 Å². The molecule has 0 aliphatic heterocycles. The fourth-order valence-electron chi connectivity index (χ4n) is 2.02. The lowest BCUT2D eigenvalue weighted by molar-refractivity contribution is 0.0693. The van der Waals surface area contributed by atoms with Crippen LogP contribution in [0.25, 0.3) is 0 Å². The summed E-state index contributed by atoms with van der Waals surface area (Å²) >= 11 is 0. The minimum Gasteiger partial charge on any atom is -0.391 e. The van der Waals surface area contributed by atoms with E-state index in [4.69, 9.17) is 0 Å². The normalized spacial score (nSPS) is 29.1. The molecule has 1 aromatic heterocycles. The number of nitrogens with zero attached hydrogens (tertiary/aromatic N) is 2. The maximum atomic E-state index is 9.77. The Morgan fingerprint density at radius 3 is 2.85 bits per heavy atom. The largest absolute Gasteiger partial charge is 0.391 e. The number of rotatable bonds is 1. The van der Waals surface area contributed by atoms with Crippen molar-refractivity contribution in [1.29, 1.82) is 0 Å². The van der Waals surface area contributed by atoms with Gasteiger partial charge in [-0.05, 0) is 25.8 Å². The van der Waals surface area contributed by atoms with Crippen molar-refractivity contribution in [3.8, 4) is 0 Å². The molecule has 2 rings (SSSR count). The van der Waals surface area contributed by atoms with Crippen LogP contribution < -0.4 is 0 Å². The van der Waals surface area contributed by atoms with Crippen LogP contribution in [0.3, 0.4) is 0 Å². The molecule has 0 radical (unpaired) electrons. The molecule has 0 amide bonds. The van der Waals surface area contributed by atoms with Crippen molar-refractivity contribution in [3.05, 3.63) is 18.0 Å². The molecule has 13 heavy (non-hydrogen) atoms. The highest BCUT2D eigenvalue weighted by atomic mass is 16.3. The Kier molecular flexibility index (Phi) is 2.36. The number of hydrogen-bond donors (Lipinski definition) is 1. The van der Waals surface area contributed by atoms with E-state index in [0.29, 0.717) is 0 Å². The van der Waals surface area contributed by atoms with Crippen LogP contribution in [-0.2, 0) is 0 Å². The van der Waals surface area contributed by atoms with Gasteiger partial charge in [0.25, 0.3) is 0 Å². The Hall–Kier alpha value is -0.830. The standard InChI is InChI=1S/C10H16N2O/c1-8-6-7-12(11-8)9-4-2-3-5-10(9)13/h6-7,9-10,13H,2-5H2,1H3/t9-,10-/m0/s1. The lowest BCUT2D eigenvalue weighted by Gasteiger charge is -2.27. The smallest absolute Gasteiger partial charge is 0.0778 e. The Morgan fingerprint density at radius 2 is 2.23 bits per heavy atom. The zero-order chi connectivity index (χ0) is 9.26. The first-order chi connectivity index (χ1) is 6.27. The van der Waals surface area contributed by atoms with Gasteiger partial charge in [0.1, 0.15) is 0 Å². The third-order valence-electron chi connectivity index (χ3n) is 2.78. The van der Waals surface area contributed by atoms with Gasteiger partial charge in [-0.3, -0.25) is 4.68 Å². The van der Waals surface area contributed by atoms with Crippen LogP contribution in [0.4, 0.5) is 0 Å². The van der Waals surface area contributed by atoms with E-state index in [9.17, 15) is 5.11 Å². The maximum absolute atomic E-state index is 9.77. The van der Waals surface area contributed by atoms with Gasteiger partial charge < -0.3 is 5.11 Å². The summed E-state index contributed by atoms with van der Waals surface area (Å²) in [6.45, 7) is 1.98. The Bertz CT molecular complexity index is 282. The van der Waals surface area contributed by atoms with Gasteiger partial charge in [0.05, 0.1) is 17.8 Å². The van der Waals surface area contributed by atoms with Crippen molar-refractivity contribution in [2.75, 3.05) is 0 Å². The summed E-state index contributed by atoms with van der Waals surface area (Å²) in [4.78, 5) is 0. The first kappa shape index (κ1) is 8.75. The topological polar surface area (TPSA) is 38.0 Å². The third kappa shape index (κ3) is 1.75. The number of aliphatic hydroxyl groups excluding tert-OH is 1. The van der Waals surface area contributed by atoms with Crippen LogP contribution in [0.2, 0.25) is 0 Å². The molecule has 1 heterocycles. The Morgan fingerprint density at radius 1 is 1.46 bits per heavy atom. The molecule has 3 nitrogen and oxygen atoms in total. The molecule has 1 fully saturated rings. The van der Waals surface area contributed by atoms with Gasteiger partial charge in [-0.25, -0.2) is 0 Å². The highest BCUT2D eigenvalue weighted by Crippen LogP contribution is 2.27. The molecule has 72 valence electrons. The monoisotopic (exact) mass is 180 g/mol. The fourth-order valence-corrected chi connectivity index (χ4v) is 2.02. The zero-order valence-electron chi connectivity index (χ0n) is 7.98. The predicted octanol–water partition coefficient (Wildman–Crippen LogP) is 1.67. The fraction of sp³-hybridized carbons (Fsp3) is 0.700. The van der Waals surface area contributed by atoms with E-state index in [0.717, 1.165) is 25.0 Å². The molecule has 1 aliphatic rings. The minimum absolute atomic E-state index is 0.201. The second-order valence-electron chi connectivity index (χ2n) is 3.86. The van der Waals surface area contributed by atoms with Crippen molar-refractivity contribution in [3.63, 3.8) is 0 Å². The quantitative estimate of drug-likeness (QED) is 0.713. The van der Waals surface area contributed by atoms with Crippen LogP contribution in [0, 0.1) is 6.92 Å². The van der Waals surface area contributed by atoms with Gasteiger partial charge in [-0.15, -0.1) is 0 Å². The number of aryl methyl sites for hydroxylation is 1. The summed E-state index contributed by atoms with van der Waals surface area (Å²) in [6.07, 6.45) is 6.10. The number of aromatic nitrogens is 2. The predicted molar refractivity (Wildman–Crippen MR) is 50.5 cm³/mol. The molecule has 1 N–H and O–H groups in total. The summed E-state index contributed by atoms with van der Waals surface area (Å²) < 4.78 is 1.92. The van der Waals surface area contributed by atoms with E-state index in [2.05, 4.69) is 5.10 Å². The van der Waals surface area contributed by atoms with E-state index in [1.54, 1.807) is 0 Å². The van der Waals surface area contributed by atoms with Crippen LogP contribution in [0.1, 0.15) is 37.4 Å². The molecule has 1 saturated carbocycles. The molecular formula is C10H16N2O. The van der Waals surface area contributed by atoms with Crippen LogP contribution in [0.5, 0.6) is 0 Å². The van der Waals surface area contributed by atoms with Crippen molar-refractivity contribution in [2.24, 2.45) is 0 Å². The van der Waals surface area contributed by atoms with E-state index in [1.807, 2.05) is 23.9 Å². The average Bonchev–Trinajstić information content (AvgIpc) is 2.53. The van der Waals surface area contributed by atoms with E-state index in [-0.39, 0.29) is 12.1 Å². The van der Waals surface area contributed by atoms with Crippen molar-refractivity contribution in [2.45, 2.75) is 44.8 Å². The molecule has 0 spiro atoms. The van der Waals surface area contributed by atoms with Crippen molar-refractivity contribution in [1.82, 2.24) is 9.78 Å². The first-order valence-corrected chi connectivity index (χ1v) is 4.97. The Balaban J connectivity index is 2.14. The molecule has 0 unspecified atom stereocenters. The summed E-state index contributed by atoms with van der Waals surface area (Å²) in [5, 5.41) is 14.1. The van der Waals surface area contributed by atoms with Gasteiger partial charge in [0.2, 0.25) is 0 Å².